The molecule has 3 heterocycles. The molecule has 8 nitrogen and oxygen atoms in total. The summed E-state index contributed by atoms with van der Waals surface area (Å²) in [5.41, 5.74) is 2.47. The monoisotopic (exact) mass is 353 g/mol. The SMILES string of the molecule is OCCN(c1ccccc1)c1nc(Nc2ncns2)c2[nH]ccc2n1. The van der Waals surface area contributed by atoms with Gasteiger partial charge in [-0.1, -0.05) is 18.2 Å². The lowest BCUT2D eigenvalue weighted by atomic mass is 10.3. The van der Waals surface area contributed by atoms with Crippen molar-refractivity contribution in [2.45, 2.75) is 0 Å². The number of aromatic amines is 1. The molecule has 0 aliphatic heterocycles. The van der Waals surface area contributed by atoms with Gasteiger partial charge in [-0.15, -0.1) is 0 Å². The molecule has 0 bridgehead atoms. The van der Waals surface area contributed by atoms with Gasteiger partial charge >= 0.3 is 0 Å². The van der Waals surface area contributed by atoms with Crippen LogP contribution in [0, 0.1) is 0 Å². The summed E-state index contributed by atoms with van der Waals surface area (Å²) >= 11 is 1.25. The van der Waals surface area contributed by atoms with Crippen molar-refractivity contribution in [1.82, 2.24) is 24.3 Å². The van der Waals surface area contributed by atoms with E-state index >= 15 is 0 Å². The van der Waals surface area contributed by atoms with E-state index in [9.17, 15) is 5.11 Å². The predicted octanol–water partition coefficient (Wildman–Crippen LogP) is 2.68. The first-order valence-corrected chi connectivity index (χ1v) is 8.45. The Balaban J connectivity index is 1.80. The number of benzene rings is 1. The van der Waals surface area contributed by atoms with Gasteiger partial charge in [0, 0.05) is 30.0 Å². The highest BCUT2D eigenvalue weighted by Gasteiger charge is 2.16. The number of anilines is 4. The normalized spacial score (nSPS) is 10.9. The van der Waals surface area contributed by atoms with E-state index in [0.717, 1.165) is 16.7 Å². The van der Waals surface area contributed by atoms with Gasteiger partial charge in [-0.2, -0.15) is 9.36 Å². The van der Waals surface area contributed by atoms with Gasteiger partial charge in [0.25, 0.3) is 0 Å². The number of aromatic nitrogens is 5. The van der Waals surface area contributed by atoms with E-state index in [0.29, 0.717) is 23.4 Å². The molecule has 4 aromatic rings. The largest absolute Gasteiger partial charge is 0.395 e. The van der Waals surface area contributed by atoms with Crippen molar-refractivity contribution in [2.75, 3.05) is 23.4 Å². The van der Waals surface area contributed by atoms with Gasteiger partial charge < -0.3 is 20.3 Å². The van der Waals surface area contributed by atoms with Crippen molar-refractivity contribution in [3.8, 4) is 0 Å². The lowest BCUT2D eigenvalue weighted by molar-refractivity contribution is 0.305. The standard InChI is InChI=1S/C16H15N7OS/c24-9-8-23(11-4-2-1-3-5-11)15-20-12-6-7-17-13(12)14(21-15)22-16-18-10-19-25-16/h1-7,10,17,24H,8-9H2,(H,18,19,20,21,22). The van der Waals surface area contributed by atoms with Gasteiger partial charge in [-0.05, 0) is 18.2 Å². The Morgan fingerprint density at radius 3 is 2.80 bits per heavy atom. The first-order valence-electron chi connectivity index (χ1n) is 7.67. The molecule has 0 fully saturated rings. The summed E-state index contributed by atoms with van der Waals surface area (Å²) in [4.78, 5) is 18.4. The number of aliphatic hydroxyl groups is 1. The van der Waals surface area contributed by atoms with E-state index < -0.39 is 0 Å². The summed E-state index contributed by atoms with van der Waals surface area (Å²) in [6.07, 6.45) is 3.30. The maximum absolute atomic E-state index is 9.47. The second-order valence-corrected chi connectivity index (χ2v) is 5.97. The average Bonchev–Trinajstić information content (AvgIpc) is 3.32. The fourth-order valence-electron chi connectivity index (χ4n) is 2.53. The summed E-state index contributed by atoms with van der Waals surface area (Å²) in [6.45, 7) is 0.376. The van der Waals surface area contributed by atoms with E-state index in [1.165, 1.54) is 17.9 Å². The summed E-state index contributed by atoms with van der Waals surface area (Å²) < 4.78 is 3.99. The molecule has 9 heteroatoms. The van der Waals surface area contributed by atoms with Crippen molar-refractivity contribution in [3.63, 3.8) is 0 Å². The topological polar surface area (TPSA) is 103 Å². The molecule has 3 N–H and O–H groups in total. The van der Waals surface area contributed by atoms with Crippen molar-refractivity contribution in [3.05, 3.63) is 48.9 Å². The molecule has 25 heavy (non-hydrogen) atoms. The van der Waals surface area contributed by atoms with Crippen LogP contribution in [0.4, 0.5) is 22.6 Å². The molecule has 0 radical (unpaired) electrons. The number of para-hydroxylation sites is 1. The molecule has 0 saturated heterocycles. The minimum absolute atomic E-state index is 0.0113. The maximum Gasteiger partial charge on any atom is 0.232 e. The van der Waals surface area contributed by atoms with Crippen molar-refractivity contribution >= 4 is 45.2 Å². The van der Waals surface area contributed by atoms with E-state index in [1.807, 2.05) is 47.5 Å². The number of aliphatic hydroxyl groups excluding tert-OH is 1. The zero-order valence-electron chi connectivity index (χ0n) is 13.1. The Labute approximate surface area is 147 Å². The van der Waals surface area contributed by atoms with Crippen LogP contribution in [0.5, 0.6) is 0 Å². The highest BCUT2D eigenvalue weighted by Crippen LogP contribution is 2.28. The second kappa shape index (κ2) is 6.83. The van der Waals surface area contributed by atoms with Crippen LogP contribution in [0.2, 0.25) is 0 Å². The summed E-state index contributed by atoms with van der Waals surface area (Å²) in [7, 11) is 0. The number of nitrogens with zero attached hydrogens (tertiary/aromatic N) is 5. The van der Waals surface area contributed by atoms with Gasteiger partial charge in [-0.3, -0.25) is 0 Å². The Morgan fingerprint density at radius 2 is 2.04 bits per heavy atom. The second-order valence-electron chi connectivity index (χ2n) is 5.19. The first kappa shape index (κ1) is 15.5. The summed E-state index contributed by atoms with van der Waals surface area (Å²) in [5, 5.41) is 13.3. The molecule has 4 rings (SSSR count). The third-order valence-corrected chi connectivity index (χ3v) is 4.19. The van der Waals surface area contributed by atoms with Gasteiger partial charge in [0.1, 0.15) is 11.8 Å². The molecule has 0 saturated carbocycles. The molecule has 0 aliphatic carbocycles. The van der Waals surface area contributed by atoms with E-state index in [1.54, 1.807) is 0 Å². The molecule has 3 aromatic heterocycles. The molecular weight excluding hydrogens is 338 g/mol. The van der Waals surface area contributed by atoms with Crippen molar-refractivity contribution in [2.24, 2.45) is 0 Å². The lowest BCUT2D eigenvalue weighted by Gasteiger charge is -2.22. The number of hydrogen-bond acceptors (Lipinski definition) is 8. The smallest absolute Gasteiger partial charge is 0.232 e. The van der Waals surface area contributed by atoms with Gasteiger partial charge in [0.2, 0.25) is 11.1 Å². The third-order valence-electron chi connectivity index (χ3n) is 3.61. The molecule has 1 aromatic carbocycles. The Bertz CT molecular complexity index is 955. The zero-order valence-corrected chi connectivity index (χ0v) is 13.9. The Morgan fingerprint density at radius 1 is 1.16 bits per heavy atom. The molecule has 0 amide bonds. The fraction of sp³-hybridized carbons (Fsp3) is 0.125. The number of fused-ring (bicyclic) bond motifs is 1. The van der Waals surface area contributed by atoms with E-state index in [-0.39, 0.29) is 6.61 Å². The molecule has 0 unspecified atom stereocenters. The molecule has 0 aliphatic rings. The molecule has 126 valence electrons. The van der Waals surface area contributed by atoms with Crippen LogP contribution in [0.25, 0.3) is 11.0 Å². The maximum atomic E-state index is 9.47. The van der Waals surface area contributed by atoms with E-state index in [2.05, 4.69) is 29.6 Å². The van der Waals surface area contributed by atoms with Crippen LogP contribution in [0.1, 0.15) is 0 Å². The highest BCUT2D eigenvalue weighted by molar-refractivity contribution is 7.09. The van der Waals surface area contributed by atoms with Gasteiger partial charge in [0.15, 0.2) is 5.82 Å². The first-order chi connectivity index (χ1) is 12.3. The minimum Gasteiger partial charge on any atom is -0.395 e. The van der Waals surface area contributed by atoms with Crippen LogP contribution in [0.15, 0.2) is 48.9 Å². The summed E-state index contributed by atoms with van der Waals surface area (Å²) in [5.74, 6) is 1.11. The van der Waals surface area contributed by atoms with Crippen molar-refractivity contribution < 1.29 is 5.11 Å². The number of H-pyrrole nitrogens is 1. The van der Waals surface area contributed by atoms with Gasteiger partial charge in [-0.25, -0.2) is 9.97 Å². The Kier molecular flexibility index (Phi) is 4.23. The third kappa shape index (κ3) is 3.14. The van der Waals surface area contributed by atoms with Gasteiger partial charge in [0.05, 0.1) is 12.1 Å². The van der Waals surface area contributed by atoms with Crippen LogP contribution < -0.4 is 10.2 Å². The van der Waals surface area contributed by atoms with E-state index in [4.69, 9.17) is 0 Å². The molecule has 0 spiro atoms. The number of hydrogen-bond donors (Lipinski definition) is 3. The lowest BCUT2D eigenvalue weighted by Crippen LogP contribution is -2.23. The summed E-state index contributed by atoms with van der Waals surface area (Å²) in [6, 6.07) is 11.6. The van der Waals surface area contributed by atoms with Crippen LogP contribution in [0.3, 0.4) is 0 Å². The average molecular weight is 353 g/mol. The number of nitrogens with one attached hydrogen (secondary N) is 2. The predicted molar refractivity (Wildman–Crippen MR) is 97.6 cm³/mol. The minimum atomic E-state index is -0.0113. The fourth-order valence-corrected chi connectivity index (χ4v) is 2.96. The molecular formula is C16H15N7OS. The quantitative estimate of drug-likeness (QED) is 0.490. The Hall–Kier alpha value is -3.04. The highest BCUT2D eigenvalue weighted by atomic mass is 32.1. The van der Waals surface area contributed by atoms with Crippen molar-refractivity contribution in [1.29, 1.82) is 0 Å². The van der Waals surface area contributed by atoms with Crippen LogP contribution >= 0.6 is 11.5 Å². The van der Waals surface area contributed by atoms with Crippen LogP contribution in [-0.4, -0.2) is 42.6 Å². The van der Waals surface area contributed by atoms with Crippen LogP contribution in [-0.2, 0) is 0 Å². The zero-order chi connectivity index (χ0) is 17.1. The number of rotatable bonds is 6. The molecule has 0 atom stereocenters.